The highest BCUT2D eigenvalue weighted by Gasteiger charge is 2.38. The molecule has 6 rings (SSSR count). The third kappa shape index (κ3) is 9.81. The van der Waals surface area contributed by atoms with E-state index in [0.29, 0.717) is 72.5 Å². The number of fused-ring (bicyclic) bond motifs is 1. The van der Waals surface area contributed by atoms with Crippen molar-refractivity contribution in [2.24, 2.45) is 0 Å². The third-order valence-corrected chi connectivity index (χ3v) is 11.2. The number of aromatic nitrogens is 6. The molecular formula is C39H39F3N10O6S. The molecule has 5 aromatic rings. The molecule has 0 radical (unpaired) electrons. The number of nitrogens with zero attached hydrogens (tertiary/aromatic N) is 8. The van der Waals surface area contributed by atoms with Gasteiger partial charge in [0.2, 0.25) is 5.91 Å². The van der Waals surface area contributed by atoms with Gasteiger partial charge in [0.15, 0.2) is 32.9 Å². The van der Waals surface area contributed by atoms with Gasteiger partial charge >= 0.3 is 6.18 Å². The van der Waals surface area contributed by atoms with E-state index in [4.69, 9.17) is 20.0 Å². The Labute approximate surface area is 337 Å². The highest BCUT2D eigenvalue weighted by Crippen LogP contribution is 2.34. The highest BCUT2D eigenvalue weighted by atomic mass is 32.2. The number of anilines is 3. The number of hydrogen-bond donors (Lipinski definition) is 3. The molecule has 0 saturated heterocycles. The van der Waals surface area contributed by atoms with Gasteiger partial charge in [0, 0.05) is 30.0 Å². The largest absolute Gasteiger partial charge is 0.494 e. The molecule has 308 valence electrons. The summed E-state index contributed by atoms with van der Waals surface area (Å²) in [5.41, 5.74) is -2.18. The number of nitrogens with one attached hydrogen (secondary N) is 2. The Morgan fingerprint density at radius 2 is 1.81 bits per heavy atom. The van der Waals surface area contributed by atoms with Crippen LogP contribution in [0, 0.1) is 18.3 Å². The normalized spacial score (nSPS) is 13.9. The Morgan fingerprint density at radius 3 is 2.51 bits per heavy atom. The lowest BCUT2D eigenvalue weighted by atomic mass is 10.1. The molecule has 1 atom stereocenters. The number of pyridine rings is 1. The quantitative estimate of drug-likeness (QED) is 0.116. The molecule has 0 bridgehead atoms. The molecule has 20 heteroatoms. The number of alkyl halides is 3. The van der Waals surface area contributed by atoms with Crippen molar-refractivity contribution in [2.45, 2.75) is 63.3 Å². The zero-order valence-electron chi connectivity index (χ0n) is 32.1. The predicted octanol–water partition coefficient (Wildman–Crippen LogP) is 5.19. The first-order valence-electron chi connectivity index (χ1n) is 18.4. The summed E-state index contributed by atoms with van der Waals surface area (Å²) in [6.45, 7) is 6.28. The van der Waals surface area contributed by atoms with Gasteiger partial charge in [0.1, 0.15) is 17.8 Å². The fourth-order valence-electron chi connectivity index (χ4n) is 6.22. The van der Waals surface area contributed by atoms with E-state index in [1.165, 1.54) is 30.3 Å². The number of aryl methyl sites for hydroxylation is 2. The second-order valence-electron chi connectivity index (χ2n) is 13.8. The van der Waals surface area contributed by atoms with E-state index in [-0.39, 0.29) is 23.0 Å². The molecular weight excluding hydrogens is 794 g/mol. The van der Waals surface area contributed by atoms with Crippen LogP contribution >= 0.6 is 0 Å². The lowest BCUT2D eigenvalue weighted by molar-refractivity contribution is -0.138. The van der Waals surface area contributed by atoms with Gasteiger partial charge in [-0.1, -0.05) is 0 Å². The summed E-state index contributed by atoms with van der Waals surface area (Å²) in [6.07, 6.45) is 0.671. The van der Waals surface area contributed by atoms with Gasteiger partial charge in [-0.2, -0.15) is 18.4 Å². The molecule has 3 N–H and O–H groups in total. The van der Waals surface area contributed by atoms with E-state index in [1.807, 2.05) is 26.0 Å². The number of sulfone groups is 1. The number of carbonyl (C=O) groups excluding carboxylic acids is 2. The Morgan fingerprint density at radius 1 is 1.05 bits per heavy atom. The number of benzene rings is 2. The Hall–Kier alpha value is -6.46. The van der Waals surface area contributed by atoms with Crippen molar-refractivity contribution in [3.63, 3.8) is 0 Å². The average Bonchev–Trinajstić information content (AvgIpc) is 3.67. The summed E-state index contributed by atoms with van der Waals surface area (Å²) in [6, 6.07) is 13.0. The zero-order chi connectivity index (χ0) is 42.5. The van der Waals surface area contributed by atoms with Gasteiger partial charge in [-0.05, 0) is 94.6 Å². The maximum atomic E-state index is 13.3. The van der Waals surface area contributed by atoms with Gasteiger partial charge in [0.25, 0.3) is 5.91 Å². The fraction of sp³-hybridized carbons (Fsp3) is 0.333. The molecule has 16 nitrogen and oxygen atoms in total. The SMILES string of the molecule is CCN1C(=O)CNc2ncc(-c3ccc(-c4ncn(CCCCCOc5ccc(S(=O)(=O)C[C@](C)(O)C(=O)Nc6ccc(C#N)c(C(F)(F)F)c6)cc5)n4)nc3C)nc21. The zero-order valence-corrected chi connectivity index (χ0v) is 32.9. The van der Waals surface area contributed by atoms with Gasteiger partial charge in [-0.3, -0.25) is 19.2 Å². The number of hydrogen-bond acceptors (Lipinski definition) is 13. The number of aliphatic hydroxyl groups is 1. The van der Waals surface area contributed by atoms with E-state index in [9.17, 15) is 36.3 Å². The number of unbranched alkanes of at least 4 members (excludes halogenated alkanes) is 2. The number of ether oxygens (including phenoxy) is 1. The van der Waals surface area contributed by atoms with E-state index >= 15 is 0 Å². The van der Waals surface area contributed by atoms with Crippen molar-refractivity contribution in [1.29, 1.82) is 5.26 Å². The van der Waals surface area contributed by atoms with Gasteiger partial charge in [0.05, 0.1) is 52.9 Å². The summed E-state index contributed by atoms with van der Waals surface area (Å²) >= 11 is 0. The average molecular weight is 833 g/mol. The fourth-order valence-corrected chi connectivity index (χ4v) is 7.81. The number of likely N-dealkylation sites (N-methyl/N-ethyl adjacent to an activating group) is 1. The van der Waals surface area contributed by atoms with Crippen molar-refractivity contribution in [2.75, 3.05) is 41.0 Å². The van der Waals surface area contributed by atoms with Crippen LogP contribution in [0.3, 0.4) is 0 Å². The Kier molecular flexibility index (Phi) is 12.3. The summed E-state index contributed by atoms with van der Waals surface area (Å²) in [7, 11) is -4.24. The lowest BCUT2D eigenvalue weighted by Crippen LogP contribution is -2.45. The molecule has 0 unspecified atom stereocenters. The van der Waals surface area contributed by atoms with E-state index in [2.05, 4.69) is 25.7 Å². The molecule has 1 aliphatic heterocycles. The van der Waals surface area contributed by atoms with Crippen LogP contribution in [-0.4, -0.2) is 86.1 Å². The smallest absolute Gasteiger partial charge is 0.417 e. The summed E-state index contributed by atoms with van der Waals surface area (Å²) in [4.78, 5) is 44.8. The summed E-state index contributed by atoms with van der Waals surface area (Å²) in [5.74, 6) is -0.472. The van der Waals surface area contributed by atoms with Crippen molar-refractivity contribution < 1.29 is 41.0 Å². The standard InChI is InChI=1S/C39H39F3N10O6S/c1-4-52-33(53)21-45-35-36(52)49-32(20-44-35)29-14-15-31(47-24(29)2)34-46-23-51(50-34)16-6-5-7-17-58-27-10-12-28(13-11-27)59(56,57)22-38(3,55)37(54)48-26-9-8-25(19-43)30(18-26)39(40,41)42/h8-15,18,20,23,55H,4-7,16-17,21-22H2,1-3H3,(H,44,45)(H,48,54)/t38-/m0/s1. The maximum absolute atomic E-state index is 13.3. The first-order valence-corrected chi connectivity index (χ1v) is 20.0. The van der Waals surface area contributed by atoms with Gasteiger partial charge in [-0.25, -0.2) is 28.4 Å². The van der Waals surface area contributed by atoms with Gasteiger partial charge < -0.3 is 20.5 Å². The van der Waals surface area contributed by atoms with Crippen molar-refractivity contribution in [3.8, 4) is 34.6 Å². The molecule has 4 heterocycles. The molecule has 59 heavy (non-hydrogen) atoms. The van der Waals surface area contributed by atoms with Crippen LogP contribution in [0.15, 0.2) is 72.0 Å². The Bertz CT molecular complexity index is 2520. The van der Waals surface area contributed by atoms with Crippen LogP contribution in [0.4, 0.5) is 30.5 Å². The van der Waals surface area contributed by atoms with Crippen LogP contribution < -0.4 is 20.3 Å². The van der Waals surface area contributed by atoms with Crippen molar-refractivity contribution >= 4 is 39.0 Å². The monoisotopic (exact) mass is 832 g/mol. The van der Waals surface area contributed by atoms with Crippen molar-refractivity contribution in [1.82, 2.24) is 29.7 Å². The number of nitriles is 1. The Balaban J connectivity index is 0.950. The molecule has 0 saturated carbocycles. The van der Waals surface area contributed by atoms with Crippen LogP contribution in [0.2, 0.25) is 0 Å². The van der Waals surface area contributed by atoms with E-state index in [1.54, 1.807) is 22.1 Å². The second kappa shape index (κ2) is 17.2. The summed E-state index contributed by atoms with van der Waals surface area (Å²) < 4.78 is 73.6. The first-order chi connectivity index (χ1) is 28.0. The molecule has 2 aromatic carbocycles. The highest BCUT2D eigenvalue weighted by molar-refractivity contribution is 7.91. The molecule has 3 aromatic heterocycles. The lowest BCUT2D eigenvalue weighted by Gasteiger charge is -2.27. The number of rotatable bonds is 15. The first kappa shape index (κ1) is 42.2. The van der Waals surface area contributed by atoms with Crippen LogP contribution in [-0.2, 0) is 32.1 Å². The molecule has 0 spiro atoms. The number of carbonyl (C=O) groups is 2. The predicted molar refractivity (Wildman–Crippen MR) is 209 cm³/mol. The molecule has 0 fully saturated rings. The topological polar surface area (TPSA) is 218 Å². The van der Waals surface area contributed by atoms with Crippen molar-refractivity contribution in [3.05, 3.63) is 83.9 Å². The molecule has 2 amide bonds. The van der Waals surface area contributed by atoms with E-state index < -0.39 is 44.4 Å². The number of halogens is 3. The van der Waals surface area contributed by atoms with Crippen LogP contribution in [0.25, 0.3) is 22.8 Å². The van der Waals surface area contributed by atoms with Crippen LogP contribution in [0.1, 0.15) is 49.9 Å². The minimum atomic E-state index is -4.88. The van der Waals surface area contributed by atoms with Gasteiger partial charge in [-0.15, -0.1) is 5.10 Å². The minimum Gasteiger partial charge on any atom is -0.494 e. The minimum absolute atomic E-state index is 0.0745. The number of amides is 2. The van der Waals surface area contributed by atoms with Crippen LogP contribution in [0.5, 0.6) is 5.75 Å². The maximum Gasteiger partial charge on any atom is 0.417 e. The summed E-state index contributed by atoms with van der Waals surface area (Å²) in [5, 5.41) is 29.4. The third-order valence-electron chi connectivity index (χ3n) is 9.31. The molecule has 1 aliphatic rings. The second-order valence-corrected chi connectivity index (χ2v) is 15.8. The van der Waals surface area contributed by atoms with E-state index in [0.717, 1.165) is 37.5 Å². The molecule has 0 aliphatic carbocycles.